The molecule has 0 saturated heterocycles. The van der Waals surface area contributed by atoms with Gasteiger partial charge in [-0.1, -0.05) is 218 Å². The quantitative estimate of drug-likeness (QED) is 0.0450. The van der Waals surface area contributed by atoms with Gasteiger partial charge in [0.05, 0.1) is 0 Å². The zero-order valence-corrected chi connectivity index (χ0v) is 44.5. The molecule has 0 aliphatic heterocycles. The average Bonchev–Trinajstić information content (AvgIpc) is 3.32. The zero-order valence-electron chi connectivity index (χ0n) is 42.9. The molecule has 0 aliphatic rings. The van der Waals surface area contributed by atoms with E-state index in [0.717, 1.165) is 95.6 Å². The van der Waals surface area contributed by atoms with E-state index in [-0.39, 0.29) is 6.42 Å². The third-order valence-corrected chi connectivity index (χ3v) is 10.9. The maximum absolute atomic E-state index is 12.0. The van der Waals surface area contributed by atoms with Crippen LogP contribution in [-0.4, -0.2) is 35.0 Å². The van der Waals surface area contributed by atoms with Gasteiger partial charge in [-0.3, -0.25) is 4.79 Å². The largest absolute Gasteiger partial charge is 0.449 e. The van der Waals surface area contributed by atoms with Crippen LogP contribution in [0.25, 0.3) is 0 Å². The molecule has 0 bridgehead atoms. The predicted molar refractivity (Wildman–Crippen MR) is 304 cm³/mol. The molecule has 6 heteroatoms. The van der Waals surface area contributed by atoms with Gasteiger partial charge in [0.1, 0.15) is 0 Å². The number of rotatable bonds is 40. The first kappa shape index (κ1) is 67.8. The van der Waals surface area contributed by atoms with Crippen LogP contribution in [0.1, 0.15) is 176 Å². The first-order valence-electron chi connectivity index (χ1n) is 25.7. The number of hydrogen-bond acceptors (Lipinski definition) is 3. The maximum atomic E-state index is 12.0. The van der Waals surface area contributed by atoms with Crippen molar-refractivity contribution in [2.75, 3.05) is 23.0 Å². The monoisotopic (exact) mass is 965 g/mol. The summed E-state index contributed by atoms with van der Waals surface area (Å²) in [7, 11) is 0. The van der Waals surface area contributed by atoms with Crippen LogP contribution in [0.3, 0.4) is 0 Å². The number of Topliss-reactive ketones (excluding diaryl/α,β-unsaturated/α-hetero) is 1. The highest BCUT2D eigenvalue weighted by Crippen LogP contribution is 2.19. The van der Waals surface area contributed by atoms with E-state index in [0.29, 0.717) is 6.42 Å². The smallest absolute Gasteiger partial charge is 0.290 e. The molecule has 0 aromatic carbocycles. The lowest BCUT2D eigenvalue weighted by Gasteiger charge is -2.02. The van der Waals surface area contributed by atoms with E-state index in [1.165, 1.54) is 49.4 Å². The highest BCUT2D eigenvalue weighted by molar-refractivity contribution is 7.99. The molecule has 0 saturated carbocycles. The summed E-state index contributed by atoms with van der Waals surface area (Å²) in [5, 5.41) is 0. The Balaban J connectivity index is -0.000000922. The Kier molecular flexibility index (Phi) is 63.3. The van der Waals surface area contributed by atoms with Crippen molar-refractivity contribution >= 4 is 29.3 Å². The second-order valence-electron chi connectivity index (χ2n) is 15.3. The van der Waals surface area contributed by atoms with Crippen LogP contribution in [0.15, 0.2) is 170 Å². The summed E-state index contributed by atoms with van der Waals surface area (Å²) in [4.78, 5) is 10.7. The molecule has 0 fully saturated rings. The summed E-state index contributed by atoms with van der Waals surface area (Å²) < 4.78 is 35.9. The molecule has 67 heavy (non-hydrogen) atoms. The highest BCUT2D eigenvalue weighted by atomic mass is 32.2. The van der Waals surface area contributed by atoms with Crippen molar-refractivity contribution in [3.63, 3.8) is 0 Å². The van der Waals surface area contributed by atoms with E-state index in [4.69, 9.17) is 0 Å². The minimum Gasteiger partial charge on any atom is -0.290 e. The molecule has 0 aromatic heterocycles. The van der Waals surface area contributed by atoms with Crippen LogP contribution in [0.4, 0.5) is 13.2 Å². The molecule has 0 spiro atoms. The Labute approximate surface area is 420 Å². The highest BCUT2D eigenvalue weighted by Gasteiger charge is 2.36. The van der Waals surface area contributed by atoms with Crippen LogP contribution in [0.5, 0.6) is 0 Å². The number of unbranched alkanes of at least 4 members (excludes halogenated alkanes) is 5. The summed E-state index contributed by atoms with van der Waals surface area (Å²) in [5.41, 5.74) is 0. The van der Waals surface area contributed by atoms with Crippen LogP contribution in [0, 0.1) is 0 Å². The first-order chi connectivity index (χ1) is 32.8. The van der Waals surface area contributed by atoms with Gasteiger partial charge in [-0.25, -0.2) is 0 Å². The van der Waals surface area contributed by atoms with Crippen molar-refractivity contribution in [2.24, 2.45) is 0 Å². The molecular formula is C61H95F3OS2. The second-order valence-corrected chi connectivity index (χ2v) is 18.0. The first-order valence-corrected chi connectivity index (χ1v) is 28.0. The van der Waals surface area contributed by atoms with E-state index in [2.05, 4.69) is 187 Å². The van der Waals surface area contributed by atoms with Crippen LogP contribution in [0.2, 0.25) is 0 Å². The molecular weight excluding hydrogens is 870 g/mol. The van der Waals surface area contributed by atoms with Gasteiger partial charge in [0, 0.05) is 12.2 Å². The Morgan fingerprint density at radius 3 is 1.01 bits per heavy atom. The third-order valence-electron chi connectivity index (χ3n) is 9.14. The minimum atomic E-state index is -4.69. The number of carbonyl (C=O) groups excluding carboxylic acids is 1. The molecule has 0 heterocycles. The Morgan fingerprint density at radius 2 is 0.672 bits per heavy atom. The third kappa shape index (κ3) is 69.2. The topological polar surface area (TPSA) is 17.1 Å². The number of alkyl halides is 3. The van der Waals surface area contributed by atoms with E-state index in [1.807, 2.05) is 41.8 Å². The van der Waals surface area contributed by atoms with Gasteiger partial charge in [0.15, 0.2) is 0 Å². The van der Waals surface area contributed by atoms with Crippen LogP contribution in [-0.2, 0) is 4.79 Å². The summed E-state index contributed by atoms with van der Waals surface area (Å²) >= 11 is 3.98. The fourth-order valence-electron chi connectivity index (χ4n) is 5.41. The van der Waals surface area contributed by atoms with E-state index >= 15 is 0 Å². The predicted octanol–water partition coefficient (Wildman–Crippen LogP) is 21.0. The summed E-state index contributed by atoms with van der Waals surface area (Å²) in [6.45, 7) is 10.9. The van der Waals surface area contributed by atoms with Gasteiger partial charge in [0.2, 0.25) is 5.78 Å². The number of halogens is 3. The van der Waals surface area contributed by atoms with Crippen molar-refractivity contribution < 1.29 is 18.0 Å². The average molecular weight is 966 g/mol. The van der Waals surface area contributed by atoms with Gasteiger partial charge in [-0.2, -0.15) is 36.7 Å². The Morgan fingerprint density at radius 1 is 0.358 bits per heavy atom. The number of allylic oxidation sites excluding steroid dienone is 27. The number of carbonyl (C=O) groups is 1. The van der Waals surface area contributed by atoms with E-state index < -0.39 is 18.4 Å². The molecule has 0 aromatic rings. The molecule has 1 nitrogen and oxygen atoms in total. The van der Waals surface area contributed by atoms with E-state index in [9.17, 15) is 18.0 Å². The van der Waals surface area contributed by atoms with Gasteiger partial charge in [-0.05, 0) is 139 Å². The molecule has 0 radical (unpaired) electrons. The molecule has 0 aliphatic carbocycles. The number of ketones is 1. The summed E-state index contributed by atoms with van der Waals surface area (Å²) in [5.74, 6) is 3.21. The lowest BCUT2D eigenvalue weighted by atomic mass is 10.1. The van der Waals surface area contributed by atoms with Crippen molar-refractivity contribution in [2.45, 2.75) is 182 Å². The zero-order chi connectivity index (χ0) is 49.7. The normalized spacial score (nSPS) is 13.1. The lowest BCUT2D eigenvalue weighted by molar-refractivity contribution is -0.171. The molecule has 0 amide bonds. The maximum Gasteiger partial charge on any atom is 0.449 e. The molecule has 0 rings (SSSR count). The van der Waals surface area contributed by atoms with Crippen molar-refractivity contribution in [3.05, 3.63) is 170 Å². The van der Waals surface area contributed by atoms with Gasteiger partial charge >= 0.3 is 6.18 Å². The molecule has 0 unspecified atom stereocenters. The number of hydrogen-bond donors (Lipinski definition) is 0. The number of thioether (sulfide) groups is 2. The van der Waals surface area contributed by atoms with Crippen LogP contribution >= 0.6 is 23.5 Å². The van der Waals surface area contributed by atoms with Crippen LogP contribution < -0.4 is 0 Å². The fraction of sp³-hybridized carbons (Fsp3) is 0.525. The van der Waals surface area contributed by atoms with Gasteiger partial charge in [0.25, 0.3) is 0 Å². The Bertz CT molecular complexity index is 1460. The van der Waals surface area contributed by atoms with E-state index in [1.54, 1.807) is 0 Å². The van der Waals surface area contributed by atoms with Gasteiger partial charge in [-0.15, -0.1) is 0 Å². The molecule has 0 N–H and O–H groups in total. The summed E-state index contributed by atoms with van der Waals surface area (Å²) in [6.07, 6.45) is 77.9. The van der Waals surface area contributed by atoms with Crippen molar-refractivity contribution in [3.8, 4) is 0 Å². The Hall–Kier alpha value is -3.48. The van der Waals surface area contributed by atoms with Crippen molar-refractivity contribution in [1.82, 2.24) is 0 Å². The lowest BCUT2D eigenvalue weighted by Crippen LogP contribution is -2.22. The molecule has 378 valence electrons. The summed E-state index contributed by atoms with van der Waals surface area (Å²) in [6, 6.07) is 0. The van der Waals surface area contributed by atoms with Crippen molar-refractivity contribution in [1.29, 1.82) is 0 Å². The second kappa shape index (κ2) is 62.5. The fourth-order valence-corrected chi connectivity index (χ4v) is 6.51. The minimum absolute atomic E-state index is 0.243. The van der Waals surface area contributed by atoms with Gasteiger partial charge < -0.3 is 0 Å². The standard InChI is InChI=1S/C21H31F3O.2C20H32S/c1-2-3-4-5-6-7-8-9-10-11-12-13-14-15-16-17-18-19-20(25)21(22,23)24;2*1-3-5-6-7-8-9-10-11-12-13-14-15-16-17-18-19-20-21-4-2/h6-7,9-10,12-13,15-16H,2-5,8,11,14,17-19H2,1H3;5-6,8-9,11-12,14-15,18-19H,3-4,7,10,13,16-17,20H2,1-2H3;5-6,8-9,11-12,14-15,17-18H,3-4,7,10,13,16,19-20H2,1-2H3/b7-6-,10-9-,13-12-,16-15-;6-5-,9-8-,12-11-,15-14-,19-18+;6-5-,9-8-,12-11-,15-14-,18-17-. The SMILES string of the molecule is CC/C=C\C/C=C\C/C=C\C/C=C\C/C=C\CCSCC.CC/C=C\C/C=C\C/C=C\C/C=C\CC/C=C/CSCC.CCCCC/C=C\C/C=C\C/C=C\C/C=C\CCCC(=O)C(F)(F)F. The molecule has 0 atom stereocenters.